The van der Waals surface area contributed by atoms with Crippen LogP contribution in [0.25, 0.3) is 0 Å². The fourth-order valence-electron chi connectivity index (χ4n) is 1.01. The molecule has 0 aliphatic heterocycles. The molecule has 1 aromatic heterocycles. The Morgan fingerprint density at radius 2 is 2.27 bits per heavy atom. The largest absolute Gasteiger partial charge is 0.465 e. The van der Waals surface area contributed by atoms with E-state index in [1.54, 1.807) is 7.11 Å². The van der Waals surface area contributed by atoms with E-state index >= 15 is 0 Å². The van der Waals surface area contributed by atoms with Crippen molar-refractivity contribution in [1.29, 1.82) is 0 Å². The lowest BCUT2D eigenvalue weighted by Gasteiger charge is -2.04. The van der Waals surface area contributed by atoms with E-state index in [-0.39, 0.29) is 11.4 Å². The van der Waals surface area contributed by atoms with Gasteiger partial charge in [-0.3, -0.25) is 0 Å². The van der Waals surface area contributed by atoms with Crippen LogP contribution < -0.4 is 5.73 Å². The van der Waals surface area contributed by atoms with Crippen LogP contribution in [-0.2, 0) is 15.9 Å². The fraction of sp³-hybridized carbons (Fsp3) is 0.444. The van der Waals surface area contributed by atoms with Crippen molar-refractivity contribution in [2.24, 2.45) is 0 Å². The van der Waals surface area contributed by atoms with Crippen molar-refractivity contribution in [1.82, 2.24) is 9.97 Å². The van der Waals surface area contributed by atoms with Crippen molar-refractivity contribution < 1.29 is 14.3 Å². The number of anilines is 1. The maximum absolute atomic E-state index is 11.2. The number of carbonyl (C=O) groups is 1. The lowest BCUT2D eigenvalue weighted by Crippen LogP contribution is -2.11. The van der Waals surface area contributed by atoms with Crippen molar-refractivity contribution in [2.45, 2.75) is 6.42 Å². The lowest BCUT2D eigenvalue weighted by atomic mass is 10.3. The van der Waals surface area contributed by atoms with E-state index in [2.05, 4.69) is 14.7 Å². The van der Waals surface area contributed by atoms with Crippen molar-refractivity contribution in [2.75, 3.05) is 26.6 Å². The van der Waals surface area contributed by atoms with E-state index in [0.717, 1.165) is 0 Å². The first kappa shape index (κ1) is 11.4. The van der Waals surface area contributed by atoms with Gasteiger partial charge in [-0.2, -0.15) is 0 Å². The molecule has 0 atom stereocenters. The summed E-state index contributed by atoms with van der Waals surface area (Å²) in [6.45, 7) is 0.511. The van der Waals surface area contributed by atoms with Crippen molar-refractivity contribution in [3.8, 4) is 0 Å². The minimum absolute atomic E-state index is 0.128. The van der Waals surface area contributed by atoms with Crippen LogP contribution in [-0.4, -0.2) is 36.8 Å². The molecule has 6 nitrogen and oxygen atoms in total. The smallest absolute Gasteiger partial charge is 0.343 e. The van der Waals surface area contributed by atoms with E-state index in [1.165, 1.54) is 13.3 Å². The van der Waals surface area contributed by atoms with Gasteiger partial charge in [-0.05, 0) is 0 Å². The Balaban J connectivity index is 2.83. The molecule has 1 aromatic rings. The molecule has 0 amide bonds. The molecule has 0 fully saturated rings. The third kappa shape index (κ3) is 2.88. The van der Waals surface area contributed by atoms with Crippen LogP contribution in [0.2, 0.25) is 0 Å². The number of hydrogen-bond donors (Lipinski definition) is 1. The molecule has 0 bridgehead atoms. The summed E-state index contributed by atoms with van der Waals surface area (Å²) < 4.78 is 9.39. The summed E-state index contributed by atoms with van der Waals surface area (Å²) in [5.41, 5.74) is 5.76. The van der Waals surface area contributed by atoms with Gasteiger partial charge in [-0.1, -0.05) is 0 Å². The zero-order valence-electron chi connectivity index (χ0n) is 8.69. The van der Waals surface area contributed by atoms with Gasteiger partial charge in [0.05, 0.1) is 13.7 Å². The zero-order chi connectivity index (χ0) is 11.3. The van der Waals surface area contributed by atoms with Crippen LogP contribution in [0.4, 0.5) is 5.82 Å². The highest BCUT2D eigenvalue weighted by atomic mass is 16.5. The summed E-state index contributed by atoms with van der Waals surface area (Å²) in [4.78, 5) is 19.1. The Kier molecular flexibility index (Phi) is 3.99. The first-order valence-electron chi connectivity index (χ1n) is 4.37. The summed E-state index contributed by atoms with van der Waals surface area (Å²) >= 11 is 0. The van der Waals surface area contributed by atoms with E-state index in [1.807, 2.05) is 0 Å². The van der Waals surface area contributed by atoms with Gasteiger partial charge in [0.1, 0.15) is 17.2 Å². The number of nitrogens with two attached hydrogens (primary N) is 1. The Morgan fingerprint density at radius 1 is 1.53 bits per heavy atom. The molecule has 2 N–H and O–H groups in total. The summed E-state index contributed by atoms with van der Waals surface area (Å²) in [5.74, 6) is 0.135. The molecule has 0 spiro atoms. The molecule has 0 unspecified atom stereocenters. The number of nitrogens with zero attached hydrogens (tertiary/aromatic N) is 2. The molecule has 1 rings (SSSR count). The highest BCUT2D eigenvalue weighted by Gasteiger charge is 2.12. The maximum atomic E-state index is 11.2. The number of nitrogen functional groups attached to an aromatic ring is 1. The molecule has 1 heterocycles. The number of aromatic nitrogens is 2. The van der Waals surface area contributed by atoms with Gasteiger partial charge in [-0.25, -0.2) is 14.8 Å². The molecule has 15 heavy (non-hydrogen) atoms. The second-order valence-electron chi connectivity index (χ2n) is 2.82. The number of methoxy groups -OCH3 is 2. The van der Waals surface area contributed by atoms with Crippen LogP contribution in [0.15, 0.2) is 6.20 Å². The number of ether oxygens (including phenoxy) is 2. The van der Waals surface area contributed by atoms with E-state index in [9.17, 15) is 4.79 Å². The SMILES string of the molecule is COCCc1ncc(C(=O)OC)c(N)n1. The Labute approximate surface area is 87.4 Å². The quantitative estimate of drug-likeness (QED) is 0.707. The molecular weight excluding hydrogens is 198 g/mol. The molecule has 82 valence electrons. The summed E-state index contributed by atoms with van der Waals surface area (Å²) in [6.07, 6.45) is 1.92. The molecule has 0 saturated carbocycles. The van der Waals surface area contributed by atoms with Crippen LogP contribution >= 0.6 is 0 Å². The van der Waals surface area contributed by atoms with Crippen LogP contribution in [0, 0.1) is 0 Å². The van der Waals surface area contributed by atoms with Gasteiger partial charge in [0.15, 0.2) is 0 Å². The number of hydrogen-bond acceptors (Lipinski definition) is 6. The molecule has 0 aliphatic carbocycles. The van der Waals surface area contributed by atoms with Gasteiger partial charge in [-0.15, -0.1) is 0 Å². The van der Waals surface area contributed by atoms with Crippen LogP contribution in [0.3, 0.4) is 0 Å². The number of esters is 1. The van der Waals surface area contributed by atoms with Crippen molar-refractivity contribution in [3.05, 3.63) is 17.6 Å². The summed E-state index contributed by atoms with van der Waals surface area (Å²) in [7, 11) is 2.87. The maximum Gasteiger partial charge on any atom is 0.343 e. The molecule has 6 heteroatoms. The average molecular weight is 211 g/mol. The normalized spacial score (nSPS) is 10.0. The van der Waals surface area contributed by atoms with Crippen molar-refractivity contribution >= 4 is 11.8 Å². The molecule has 0 aliphatic rings. The highest BCUT2D eigenvalue weighted by molar-refractivity contribution is 5.93. The van der Waals surface area contributed by atoms with Gasteiger partial charge in [0, 0.05) is 19.7 Å². The van der Waals surface area contributed by atoms with E-state index in [0.29, 0.717) is 18.9 Å². The summed E-state index contributed by atoms with van der Waals surface area (Å²) in [5, 5.41) is 0. The third-order valence-corrected chi connectivity index (χ3v) is 1.80. The summed E-state index contributed by atoms with van der Waals surface area (Å²) in [6, 6.07) is 0. The highest BCUT2D eigenvalue weighted by Crippen LogP contribution is 2.08. The number of rotatable bonds is 4. The Bertz CT molecular complexity index is 354. The predicted molar refractivity (Wildman–Crippen MR) is 53.4 cm³/mol. The minimum atomic E-state index is -0.536. The van der Waals surface area contributed by atoms with Gasteiger partial charge < -0.3 is 15.2 Å². The van der Waals surface area contributed by atoms with E-state index in [4.69, 9.17) is 10.5 Å². The standard InChI is InChI=1S/C9H13N3O3/c1-14-4-3-7-11-5-6(8(10)12-7)9(13)15-2/h5H,3-4H2,1-2H3,(H2,10,11,12). The Morgan fingerprint density at radius 3 is 2.80 bits per heavy atom. The molecular formula is C9H13N3O3. The van der Waals surface area contributed by atoms with Crippen LogP contribution in [0.5, 0.6) is 0 Å². The van der Waals surface area contributed by atoms with E-state index < -0.39 is 5.97 Å². The topological polar surface area (TPSA) is 87.3 Å². The molecule has 0 radical (unpaired) electrons. The predicted octanol–water partition coefficient (Wildman–Crippen LogP) is 0.0343. The average Bonchev–Trinajstić information content (AvgIpc) is 2.25. The second-order valence-corrected chi connectivity index (χ2v) is 2.82. The molecule has 0 saturated heterocycles. The van der Waals surface area contributed by atoms with Gasteiger partial charge in [0.2, 0.25) is 0 Å². The lowest BCUT2D eigenvalue weighted by molar-refractivity contribution is 0.0601. The third-order valence-electron chi connectivity index (χ3n) is 1.80. The Hall–Kier alpha value is -1.69. The zero-order valence-corrected chi connectivity index (χ0v) is 8.69. The van der Waals surface area contributed by atoms with Crippen LogP contribution in [0.1, 0.15) is 16.2 Å². The number of carbonyl (C=O) groups excluding carboxylic acids is 1. The first-order chi connectivity index (χ1) is 7.19. The monoisotopic (exact) mass is 211 g/mol. The minimum Gasteiger partial charge on any atom is -0.465 e. The van der Waals surface area contributed by atoms with Crippen molar-refractivity contribution in [3.63, 3.8) is 0 Å². The molecule has 0 aromatic carbocycles. The second kappa shape index (κ2) is 5.26. The van der Waals surface area contributed by atoms with Gasteiger partial charge in [0.25, 0.3) is 0 Å². The fourth-order valence-corrected chi connectivity index (χ4v) is 1.01. The first-order valence-corrected chi connectivity index (χ1v) is 4.37. The van der Waals surface area contributed by atoms with Gasteiger partial charge >= 0.3 is 5.97 Å².